The highest BCUT2D eigenvalue weighted by Gasteiger charge is 2.22. The van der Waals surface area contributed by atoms with Gasteiger partial charge in [-0.25, -0.2) is 0 Å². The van der Waals surface area contributed by atoms with Crippen LogP contribution in [0.3, 0.4) is 0 Å². The number of likely N-dealkylation sites (N-methyl/N-ethyl adjacent to an activating group) is 1. The molecule has 2 amide bonds. The lowest BCUT2D eigenvalue weighted by Gasteiger charge is -2.19. The van der Waals surface area contributed by atoms with Crippen molar-refractivity contribution in [3.63, 3.8) is 0 Å². The molecule has 1 aromatic heterocycles. The van der Waals surface area contributed by atoms with Gasteiger partial charge in [0.25, 0.3) is 5.91 Å². The van der Waals surface area contributed by atoms with E-state index in [4.69, 9.17) is 23.2 Å². The molecule has 1 N–H and O–H groups in total. The Labute approximate surface area is 181 Å². The minimum absolute atomic E-state index is 0.232. The van der Waals surface area contributed by atoms with Crippen LogP contribution in [-0.4, -0.2) is 36.1 Å². The van der Waals surface area contributed by atoms with Crippen LogP contribution in [0.1, 0.15) is 25.6 Å². The van der Waals surface area contributed by atoms with E-state index in [0.717, 1.165) is 0 Å². The maximum absolute atomic E-state index is 12.9. The van der Waals surface area contributed by atoms with Crippen molar-refractivity contribution in [2.45, 2.75) is 0 Å². The monoisotopic (exact) mass is 446 g/mol. The lowest BCUT2D eigenvalue weighted by atomic mass is 10.0. The minimum atomic E-state index is -0.460. The summed E-state index contributed by atoms with van der Waals surface area (Å²) in [7, 11) is 1.49. The average Bonchev–Trinajstić information content (AvgIpc) is 3.24. The lowest BCUT2D eigenvalue weighted by molar-refractivity contribution is -0.116. The van der Waals surface area contributed by atoms with Crippen LogP contribution in [0.5, 0.6) is 0 Å². The van der Waals surface area contributed by atoms with Gasteiger partial charge in [0.2, 0.25) is 11.7 Å². The van der Waals surface area contributed by atoms with Crippen LogP contribution in [0.4, 0.5) is 5.69 Å². The molecule has 148 valence electrons. The summed E-state index contributed by atoms with van der Waals surface area (Å²) in [5, 5.41) is 5.01. The molecule has 0 radical (unpaired) electrons. The standard InChI is InChI=1S/C21H16Cl2N2O3S/c1-25(12-18(26)24-19-15(22)8-4-9-16(19)23)21(28)14-7-3-2-6-13(14)20(27)17-10-5-11-29-17/h2-11H,12H2,1H3,(H,24,26). The molecule has 0 aliphatic heterocycles. The van der Waals surface area contributed by atoms with Crippen molar-refractivity contribution in [3.8, 4) is 0 Å². The van der Waals surface area contributed by atoms with Gasteiger partial charge in [-0.15, -0.1) is 11.3 Å². The fourth-order valence-corrected chi connectivity index (χ4v) is 3.87. The van der Waals surface area contributed by atoms with E-state index in [1.807, 2.05) is 0 Å². The van der Waals surface area contributed by atoms with E-state index in [9.17, 15) is 14.4 Å². The van der Waals surface area contributed by atoms with Crippen molar-refractivity contribution in [2.75, 3.05) is 18.9 Å². The Balaban J connectivity index is 1.75. The smallest absolute Gasteiger partial charge is 0.254 e. The quantitative estimate of drug-likeness (QED) is 0.541. The van der Waals surface area contributed by atoms with E-state index in [0.29, 0.717) is 20.5 Å². The van der Waals surface area contributed by atoms with E-state index in [1.165, 1.54) is 23.3 Å². The zero-order valence-electron chi connectivity index (χ0n) is 15.3. The number of nitrogens with zero attached hydrogens (tertiary/aromatic N) is 1. The first kappa shape index (κ1) is 21.0. The second-order valence-corrected chi connectivity index (χ2v) is 7.92. The van der Waals surface area contributed by atoms with Crippen LogP contribution < -0.4 is 5.32 Å². The van der Waals surface area contributed by atoms with Gasteiger partial charge >= 0.3 is 0 Å². The summed E-state index contributed by atoms with van der Waals surface area (Å²) in [6.45, 7) is -0.234. The van der Waals surface area contributed by atoms with Gasteiger partial charge in [-0.05, 0) is 29.6 Å². The molecular weight excluding hydrogens is 431 g/mol. The predicted octanol–water partition coefficient (Wildman–Crippen LogP) is 5.00. The summed E-state index contributed by atoms with van der Waals surface area (Å²) in [5.41, 5.74) is 0.813. The number of anilines is 1. The molecule has 8 heteroatoms. The maximum Gasteiger partial charge on any atom is 0.254 e. The zero-order chi connectivity index (χ0) is 21.0. The maximum atomic E-state index is 12.9. The van der Waals surface area contributed by atoms with Gasteiger partial charge in [-0.3, -0.25) is 14.4 Å². The third-order valence-corrected chi connectivity index (χ3v) is 5.60. The van der Waals surface area contributed by atoms with E-state index in [1.54, 1.807) is 60.0 Å². The fourth-order valence-electron chi connectivity index (χ4n) is 2.70. The van der Waals surface area contributed by atoms with E-state index in [-0.39, 0.29) is 23.6 Å². The number of rotatable bonds is 6. The fraction of sp³-hybridized carbons (Fsp3) is 0.0952. The van der Waals surface area contributed by atoms with Crippen molar-refractivity contribution in [2.24, 2.45) is 0 Å². The SMILES string of the molecule is CN(CC(=O)Nc1c(Cl)cccc1Cl)C(=O)c1ccccc1C(=O)c1cccs1. The van der Waals surface area contributed by atoms with Crippen molar-refractivity contribution >= 4 is 57.8 Å². The second kappa shape index (κ2) is 9.22. The second-order valence-electron chi connectivity index (χ2n) is 6.16. The topological polar surface area (TPSA) is 66.5 Å². The number of para-hydroxylation sites is 1. The molecule has 3 aromatic rings. The van der Waals surface area contributed by atoms with Crippen LogP contribution in [0.2, 0.25) is 10.0 Å². The number of ketones is 1. The summed E-state index contributed by atoms with van der Waals surface area (Å²) in [4.78, 5) is 39.8. The van der Waals surface area contributed by atoms with Crippen molar-refractivity contribution < 1.29 is 14.4 Å². The van der Waals surface area contributed by atoms with E-state index < -0.39 is 11.8 Å². The van der Waals surface area contributed by atoms with Crippen LogP contribution in [0.15, 0.2) is 60.0 Å². The molecule has 1 heterocycles. The number of carbonyl (C=O) groups excluding carboxylic acids is 3. The van der Waals surface area contributed by atoms with Crippen molar-refractivity contribution in [3.05, 3.63) is 86.0 Å². The minimum Gasteiger partial charge on any atom is -0.332 e. The lowest BCUT2D eigenvalue weighted by Crippen LogP contribution is -2.35. The molecule has 0 atom stereocenters. The molecular formula is C21H16Cl2N2O3S. The Bertz CT molecular complexity index is 1050. The summed E-state index contributed by atoms with van der Waals surface area (Å²) in [6.07, 6.45) is 0. The Morgan fingerprint density at radius 2 is 1.59 bits per heavy atom. The number of hydrogen-bond donors (Lipinski definition) is 1. The van der Waals surface area contributed by atoms with Crippen LogP contribution in [-0.2, 0) is 4.79 Å². The van der Waals surface area contributed by atoms with Gasteiger partial charge in [0.05, 0.1) is 32.7 Å². The highest BCUT2D eigenvalue weighted by Crippen LogP contribution is 2.29. The van der Waals surface area contributed by atoms with Gasteiger partial charge in [-0.1, -0.05) is 53.5 Å². The van der Waals surface area contributed by atoms with Crippen molar-refractivity contribution in [1.29, 1.82) is 0 Å². The summed E-state index contributed by atoms with van der Waals surface area (Å²) < 4.78 is 0. The first-order valence-corrected chi connectivity index (χ1v) is 10.2. The number of halogens is 2. The first-order chi connectivity index (χ1) is 13.9. The molecule has 0 spiro atoms. The van der Waals surface area contributed by atoms with Gasteiger partial charge in [0.15, 0.2) is 0 Å². The molecule has 2 aromatic carbocycles. The molecule has 0 saturated carbocycles. The number of amides is 2. The van der Waals surface area contributed by atoms with Gasteiger partial charge in [0.1, 0.15) is 0 Å². The Morgan fingerprint density at radius 3 is 2.21 bits per heavy atom. The molecule has 0 saturated heterocycles. The third-order valence-electron chi connectivity index (χ3n) is 4.10. The molecule has 0 aliphatic rings. The highest BCUT2D eigenvalue weighted by atomic mass is 35.5. The zero-order valence-corrected chi connectivity index (χ0v) is 17.6. The Hall–Kier alpha value is -2.67. The van der Waals surface area contributed by atoms with Gasteiger partial charge in [0, 0.05) is 12.6 Å². The van der Waals surface area contributed by atoms with E-state index >= 15 is 0 Å². The number of hydrogen-bond acceptors (Lipinski definition) is 4. The third kappa shape index (κ3) is 4.85. The molecule has 0 aliphatic carbocycles. The van der Waals surface area contributed by atoms with Crippen molar-refractivity contribution in [1.82, 2.24) is 4.90 Å². The largest absolute Gasteiger partial charge is 0.332 e. The number of thiophene rings is 1. The van der Waals surface area contributed by atoms with Crippen LogP contribution in [0, 0.1) is 0 Å². The van der Waals surface area contributed by atoms with Crippen LogP contribution >= 0.6 is 34.5 Å². The van der Waals surface area contributed by atoms with E-state index in [2.05, 4.69) is 5.32 Å². The van der Waals surface area contributed by atoms with Gasteiger partial charge < -0.3 is 10.2 Å². The Kier molecular flexibility index (Phi) is 6.69. The molecule has 0 unspecified atom stereocenters. The summed E-state index contributed by atoms with van der Waals surface area (Å²) in [5.74, 6) is -1.13. The number of benzene rings is 2. The predicted molar refractivity (Wildman–Crippen MR) is 116 cm³/mol. The molecule has 29 heavy (non-hydrogen) atoms. The molecule has 0 bridgehead atoms. The number of nitrogens with one attached hydrogen (secondary N) is 1. The van der Waals surface area contributed by atoms with Gasteiger partial charge in [-0.2, -0.15) is 0 Å². The Morgan fingerprint density at radius 1 is 0.931 bits per heavy atom. The summed E-state index contributed by atoms with van der Waals surface area (Å²) >= 11 is 13.4. The number of carbonyl (C=O) groups is 3. The molecule has 3 rings (SSSR count). The first-order valence-electron chi connectivity index (χ1n) is 8.55. The summed E-state index contributed by atoms with van der Waals surface area (Å²) in [6, 6.07) is 14.9. The van der Waals surface area contributed by atoms with Crippen LogP contribution in [0.25, 0.3) is 0 Å². The average molecular weight is 447 g/mol. The molecule has 5 nitrogen and oxygen atoms in total. The molecule has 0 fully saturated rings. The normalized spacial score (nSPS) is 10.4. The highest BCUT2D eigenvalue weighted by molar-refractivity contribution is 7.12.